The van der Waals surface area contributed by atoms with Gasteiger partial charge in [-0.3, -0.25) is 9.10 Å². The number of benzene rings is 2. The van der Waals surface area contributed by atoms with E-state index < -0.39 is 10.0 Å². The van der Waals surface area contributed by atoms with Gasteiger partial charge in [-0.2, -0.15) is 0 Å². The molecular weight excluding hydrogens is 336 g/mol. The number of anilines is 2. The zero-order valence-corrected chi connectivity index (χ0v) is 15.6. The third-order valence-corrected chi connectivity index (χ3v) is 5.04. The summed E-state index contributed by atoms with van der Waals surface area (Å²) in [5, 5.41) is 2.81. The fourth-order valence-corrected chi connectivity index (χ4v) is 3.60. The molecule has 2 aromatic carbocycles. The molecule has 0 saturated heterocycles. The van der Waals surface area contributed by atoms with Crippen molar-refractivity contribution < 1.29 is 13.2 Å². The van der Waals surface area contributed by atoms with Gasteiger partial charge in [0.05, 0.1) is 11.9 Å². The van der Waals surface area contributed by atoms with Crippen molar-refractivity contribution in [3.8, 4) is 0 Å². The minimum atomic E-state index is -3.41. The van der Waals surface area contributed by atoms with Gasteiger partial charge in [0.15, 0.2) is 0 Å². The second kappa shape index (κ2) is 8.16. The quantitative estimate of drug-likeness (QED) is 0.822. The first-order chi connectivity index (χ1) is 11.8. The number of sulfonamides is 1. The molecule has 2 rings (SSSR count). The average Bonchev–Trinajstić information content (AvgIpc) is 2.54. The molecule has 0 saturated carbocycles. The van der Waals surface area contributed by atoms with E-state index in [0.717, 1.165) is 16.8 Å². The van der Waals surface area contributed by atoms with Crippen LogP contribution in [0.25, 0.3) is 0 Å². The first-order valence-corrected chi connectivity index (χ1v) is 10.0. The number of carbonyl (C=O) groups is 1. The SMILES string of the molecule is Cc1ccc(C)c(N(CCCC(=O)Nc2ccccc2)S(C)(=O)=O)c1. The van der Waals surface area contributed by atoms with Crippen LogP contribution < -0.4 is 9.62 Å². The maximum Gasteiger partial charge on any atom is 0.232 e. The van der Waals surface area contributed by atoms with Crippen LogP contribution in [0.15, 0.2) is 48.5 Å². The summed E-state index contributed by atoms with van der Waals surface area (Å²) in [7, 11) is -3.41. The Hall–Kier alpha value is -2.34. The summed E-state index contributed by atoms with van der Waals surface area (Å²) in [6.07, 6.45) is 1.89. The second-order valence-corrected chi connectivity index (χ2v) is 8.05. The van der Waals surface area contributed by atoms with Crippen LogP contribution in [0.3, 0.4) is 0 Å². The number of carbonyl (C=O) groups excluding carboxylic acids is 1. The smallest absolute Gasteiger partial charge is 0.232 e. The summed E-state index contributed by atoms with van der Waals surface area (Å²) in [5.41, 5.74) is 3.30. The summed E-state index contributed by atoms with van der Waals surface area (Å²) in [6.45, 7) is 4.08. The third-order valence-electron chi connectivity index (χ3n) is 3.86. The van der Waals surface area contributed by atoms with Crippen LogP contribution in [0.1, 0.15) is 24.0 Å². The van der Waals surface area contributed by atoms with Crippen molar-refractivity contribution in [2.45, 2.75) is 26.7 Å². The number of nitrogens with one attached hydrogen (secondary N) is 1. The molecule has 0 unspecified atom stereocenters. The number of aryl methyl sites for hydroxylation is 2. The molecule has 1 N–H and O–H groups in total. The molecule has 0 aliphatic heterocycles. The van der Waals surface area contributed by atoms with Crippen molar-refractivity contribution in [2.75, 3.05) is 22.4 Å². The molecule has 0 aromatic heterocycles. The number of nitrogens with zero attached hydrogens (tertiary/aromatic N) is 1. The zero-order chi connectivity index (χ0) is 18.4. The minimum absolute atomic E-state index is 0.124. The van der Waals surface area contributed by atoms with Crippen molar-refractivity contribution in [2.24, 2.45) is 0 Å². The lowest BCUT2D eigenvalue weighted by molar-refractivity contribution is -0.116. The molecule has 0 aliphatic rings. The number of hydrogen-bond acceptors (Lipinski definition) is 3. The summed E-state index contributed by atoms with van der Waals surface area (Å²) in [6, 6.07) is 14.9. The van der Waals surface area contributed by atoms with Crippen LogP contribution >= 0.6 is 0 Å². The molecule has 0 fully saturated rings. The number of para-hydroxylation sites is 1. The molecular formula is C19H24N2O3S. The summed E-state index contributed by atoms with van der Waals surface area (Å²) in [4.78, 5) is 12.0. The van der Waals surface area contributed by atoms with Gasteiger partial charge in [-0.25, -0.2) is 8.42 Å². The van der Waals surface area contributed by atoms with Crippen LogP contribution in [0.2, 0.25) is 0 Å². The summed E-state index contributed by atoms with van der Waals surface area (Å²) in [5.74, 6) is -0.124. The van der Waals surface area contributed by atoms with Crippen LogP contribution in [-0.2, 0) is 14.8 Å². The molecule has 0 radical (unpaired) electrons. The van der Waals surface area contributed by atoms with Crippen LogP contribution in [0.5, 0.6) is 0 Å². The lowest BCUT2D eigenvalue weighted by Crippen LogP contribution is -2.32. The number of amides is 1. The topological polar surface area (TPSA) is 66.5 Å². The Morgan fingerprint density at radius 1 is 1.08 bits per heavy atom. The Morgan fingerprint density at radius 3 is 2.40 bits per heavy atom. The third kappa shape index (κ3) is 5.60. The normalized spacial score (nSPS) is 11.2. The predicted octanol–water partition coefficient (Wildman–Crippen LogP) is 3.49. The highest BCUT2D eigenvalue weighted by Crippen LogP contribution is 2.24. The Balaban J connectivity index is 2.02. The Labute approximate surface area is 149 Å². The van der Waals surface area contributed by atoms with Crippen LogP contribution in [0, 0.1) is 13.8 Å². The van der Waals surface area contributed by atoms with E-state index in [-0.39, 0.29) is 18.9 Å². The summed E-state index contributed by atoms with van der Waals surface area (Å²) < 4.78 is 25.8. The first-order valence-electron chi connectivity index (χ1n) is 8.17. The average molecular weight is 360 g/mol. The van der Waals surface area contributed by atoms with Gasteiger partial charge in [0.2, 0.25) is 15.9 Å². The molecule has 5 nitrogen and oxygen atoms in total. The molecule has 1 amide bonds. The number of rotatable bonds is 7. The maximum atomic E-state index is 12.2. The van der Waals surface area contributed by atoms with E-state index >= 15 is 0 Å². The Kier molecular flexibility index (Phi) is 6.20. The van der Waals surface area contributed by atoms with E-state index in [1.54, 1.807) is 0 Å². The monoisotopic (exact) mass is 360 g/mol. The van der Waals surface area contributed by atoms with Gasteiger partial charge in [-0.1, -0.05) is 30.3 Å². The molecule has 0 aliphatic carbocycles. The van der Waals surface area contributed by atoms with E-state index in [1.807, 2.05) is 62.4 Å². The van der Waals surface area contributed by atoms with E-state index in [4.69, 9.17) is 0 Å². The van der Waals surface area contributed by atoms with E-state index in [0.29, 0.717) is 12.1 Å². The first kappa shape index (κ1) is 19.0. The molecule has 0 spiro atoms. The zero-order valence-electron chi connectivity index (χ0n) is 14.8. The molecule has 0 bridgehead atoms. The highest BCUT2D eigenvalue weighted by atomic mass is 32.2. The highest BCUT2D eigenvalue weighted by molar-refractivity contribution is 7.92. The van der Waals surface area contributed by atoms with Crippen molar-refractivity contribution in [3.63, 3.8) is 0 Å². The maximum absolute atomic E-state index is 12.2. The second-order valence-electron chi connectivity index (χ2n) is 6.14. The molecule has 25 heavy (non-hydrogen) atoms. The Bertz CT molecular complexity index is 833. The molecule has 0 atom stereocenters. The van der Waals surface area contributed by atoms with Crippen molar-refractivity contribution >= 4 is 27.3 Å². The van der Waals surface area contributed by atoms with Gasteiger partial charge in [-0.05, 0) is 49.6 Å². The fraction of sp³-hybridized carbons (Fsp3) is 0.316. The molecule has 2 aromatic rings. The predicted molar refractivity (Wildman–Crippen MR) is 102 cm³/mol. The van der Waals surface area contributed by atoms with Crippen molar-refractivity contribution in [3.05, 3.63) is 59.7 Å². The fourth-order valence-electron chi connectivity index (χ4n) is 2.58. The van der Waals surface area contributed by atoms with Crippen LogP contribution in [-0.4, -0.2) is 27.1 Å². The minimum Gasteiger partial charge on any atom is -0.326 e. The van der Waals surface area contributed by atoms with Gasteiger partial charge in [-0.15, -0.1) is 0 Å². The molecule has 134 valence electrons. The van der Waals surface area contributed by atoms with E-state index in [9.17, 15) is 13.2 Å². The van der Waals surface area contributed by atoms with E-state index in [2.05, 4.69) is 5.32 Å². The van der Waals surface area contributed by atoms with Gasteiger partial charge >= 0.3 is 0 Å². The largest absolute Gasteiger partial charge is 0.326 e. The van der Waals surface area contributed by atoms with Gasteiger partial charge in [0.1, 0.15) is 0 Å². The van der Waals surface area contributed by atoms with Crippen molar-refractivity contribution in [1.82, 2.24) is 0 Å². The lowest BCUT2D eigenvalue weighted by Gasteiger charge is -2.24. The number of hydrogen-bond donors (Lipinski definition) is 1. The van der Waals surface area contributed by atoms with Crippen molar-refractivity contribution in [1.29, 1.82) is 0 Å². The summed E-state index contributed by atoms with van der Waals surface area (Å²) >= 11 is 0. The van der Waals surface area contributed by atoms with Gasteiger partial charge in [0, 0.05) is 18.7 Å². The van der Waals surface area contributed by atoms with Gasteiger partial charge < -0.3 is 5.32 Å². The lowest BCUT2D eigenvalue weighted by atomic mass is 10.1. The molecule has 0 heterocycles. The standard InChI is InChI=1S/C19H24N2O3S/c1-15-11-12-16(2)18(14-15)21(25(3,23)24)13-7-10-19(22)20-17-8-5-4-6-9-17/h4-6,8-9,11-12,14H,7,10,13H2,1-3H3,(H,20,22). The van der Waals surface area contributed by atoms with Crippen LogP contribution in [0.4, 0.5) is 11.4 Å². The Morgan fingerprint density at radius 2 is 1.76 bits per heavy atom. The van der Waals surface area contributed by atoms with E-state index in [1.165, 1.54) is 10.6 Å². The highest BCUT2D eigenvalue weighted by Gasteiger charge is 2.19. The molecule has 6 heteroatoms. The van der Waals surface area contributed by atoms with Gasteiger partial charge in [0.25, 0.3) is 0 Å².